The molecular formula is C29H33N3O6S. The molecule has 3 aromatic rings. The summed E-state index contributed by atoms with van der Waals surface area (Å²) in [6.07, 6.45) is 3.09. The molecule has 5 rings (SSSR count). The van der Waals surface area contributed by atoms with Crippen molar-refractivity contribution in [3.05, 3.63) is 65.1 Å². The standard InChI is InChI=1S/C29H33N3O6S/c1-5-39(35,36)38-25-12-10-21(26-22(25)17-30-27(26)33)24-16-20-15-19(18-31-13-7-6-8-14-31)9-11-23(20)32(24)28(34)37-29(2,3)4/h5,9-12,15-16H,1,6-8,13-14,17-18H2,2-4H3,(H,30,33). The number of likely N-dealkylation sites (tertiary alicyclic amines) is 1. The van der Waals surface area contributed by atoms with Gasteiger partial charge in [-0.2, -0.15) is 8.42 Å². The molecule has 39 heavy (non-hydrogen) atoms. The average Bonchev–Trinajstić information content (AvgIpc) is 3.45. The second-order valence-corrected chi connectivity index (χ2v) is 12.5. The Hall–Kier alpha value is -3.63. The van der Waals surface area contributed by atoms with Crippen molar-refractivity contribution in [2.45, 2.75) is 58.7 Å². The molecule has 206 valence electrons. The molecule has 1 fully saturated rings. The number of carbonyl (C=O) groups is 2. The first-order valence-electron chi connectivity index (χ1n) is 13.1. The van der Waals surface area contributed by atoms with Gasteiger partial charge in [0.1, 0.15) is 11.4 Å². The molecule has 2 aliphatic heterocycles. The topological polar surface area (TPSA) is 107 Å². The van der Waals surface area contributed by atoms with Gasteiger partial charge in [-0.15, -0.1) is 0 Å². The average molecular weight is 552 g/mol. The maximum absolute atomic E-state index is 13.5. The maximum Gasteiger partial charge on any atom is 0.419 e. The minimum Gasteiger partial charge on any atom is -0.443 e. The highest BCUT2D eigenvalue weighted by Gasteiger charge is 2.31. The normalized spacial score (nSPS) is 16.1. The van der Waals surface area contributed by atoms with Crippen molar-refractivity contribution in [3.63, 3.8) is 0 Å². The number of benzene rings is 2. The SMILES string of the molecule is C=CS(=O)(=O)Oc1ccc(-c2cc3cc(CN4CCCCC4)ccc3n2C(=O)OC(C)(C)C)c2c1CNC2=O. The van der Waals surface area contributed by atoms with Crippen molar-refractivity contribution in [1.29, 1.82) is 0 Å². The fourth-order valence-corrected chi connectivity index (χ4v) is 5.69. The second kappa shape index (κ2) is 10.2. The predicted octanol–water partition coefficient (Wildman–Crippen LogP) is 5.17. The van der Waals surface area contributed by atoms with E-state index in [2.05, 4.69) is 22.9 Å². The zero-order valence-corrected chi connectivity index (χ0v) is 23.3. The van der Waals surface area contributed by atoms with Crippen LogP contribution in [-0.4, -0.2) is 48.6 Å². The summed E-state index contributed by atoms with van der Waals surface area (Å²) in [7, 11) is -4.03. The molecule has 1 amide bonds. The minimum atomic E-state index is -4.03. The summed E-state index contributed by atoms with van der Waals surface area (Å²) in [6, 6.07) is 11.0. The molecule has 9 nitrogen and oxygen atoms in total. The van der Waals surface area contributed by atoms with Gasteiger partial charge in [0, 0.05) is 29.6 Å². The Morgan fingerprint density at radius 2 is 1.85 bits per heavy atom. The molecule has 0 atom stereocenters. The number of ether oxygens (including phenoxy) is 1. The summed E-state index contributed by atoms with van der Waals surface area (Å²) >= 11 is 0. The number of fused-ring (bicyclic) bond motifs is 2. The van der Waals surface area contributed by atoms with E-state index in [4.69, 9.17) is 8.92 Å². The number of hydrogen-bond donors (Lipinski definition) is 1. The summed E-state index contributed by atoms with van der Waals surface area (Å²) in [5.74, 6) is -0.344. The summed E-state index contributed by atoms with van der Waals surface area (Å²) in [4.78, 5) is 28.9. The molecule has 2 aliphatic rings. The summed E-state index contributed by atoms with van der Waals surface area (Å²) < 4.78 is 36.5. The molecule has 10 heteroatoms. The third-order valence-corrected chi connectivity index (χ3v) is 7.73. The van der Waals surface area contributed by atoms with Crippen LogP contribution < -0.4 is 9.50 Å². The third-order valence-electron chi connectivity index (χ3n) is 6.91. The van der Waals surface area contributed by atoms with Gasteiger partial charge in [-0.1, -0.05) is 19.1 Å². The third kappa shape index (κ3) is 5.58. The van der Waals surface area contributed by atoms with E-state index in [9.17, 15) is 18.0 Å². The number of carbonyl (C=O) groups excluding carboxylic acids is 2. The quantitative estimate of drug-likeness (QED) is 0.421. The number of amides is 1. The van der Waals surface area contributed by atoms with Crippen molar-refractivity contribution in [2.24, 2.45) is 0 Å². The number of nitrogens with zero attached hydrogens (tertiary/aromatic N) is 2. The zero-order chi connectivity index (χ0) is 27.9. The smallest absolute Gasteiger partial charge is 0.419 e. The number of nitrogens with one attached hydrogen (secondary N) is 1. The van der Waals surface area contributed by atoms with E-state index in [1.165, 1.54) is 29.9 Å². The van der Waals surface area contributed by atoms with Gasteiger partial charge in [0.25, 0.3) is 5.91 Å². The maximum atomic E-state index is 13.5. The highest BCUT2D eigenvalue weighted by molar-refractivity contribution is 7.90. The second-order valence-electron chi connectivity index (χ2n) is 11.0. The molecule has 1 saturated heterocycles. The van der Waals surface area contributed by atoms with Crippen LogP contribution in [-0.2, 0) is 27.9 Å². The van der Waals surface area contributed by atoms with Crippen LogP contribution in [0.15, 0.2) is 48.4 Å². The molecule has 0 bridgehead atoms. The highest BCUT2D eigenvalue weighted by Crippen LogP contribution is 2.38. The first kappa shape index (κ1) is 27.0. The van der Waals surface area contributed by atoms with Crippen LogP contribution in [0.2, 0.25) is 0 Å². The van der Waals surface area contributed by atoms with Crippen LogP contribution in [0, 0.1) is 0 Å². The van der Waals surface area contributed by atoms with Gasteiger partial charge in [0.05, 0.1) is 22.2 Å². The van der Waals surface area contributed by atoms with Gasteiger partial charge in [0.15, 0.2) is 0 Å². The molecule has 3 heterocycles. The number of rotatable bonds is 6. The van der Waals surface area contributed by atoms with E-state index in [0.717, 1.165) is 30.6 Å². The molecular weight excluding hydrogens is 518 g/mol. The lowest BCUT2D eigenvalue weighted by Crippen LogP contribution is -2.29. The first-order valence-corrected chi connectivity index (χ1v) is 14.5. The van der Waals surface area contributed by atoms with E-state index in [0.29, 0.717) is 27.7 Å². The Kier molecular flexibility index (Phi) is 7.02. The van der Waals surface area contributed by atoms with Gasteiger partial charge in [-0.3, -0.25) is 9.69 Å². The van der Waals surface area contributed by atoms with Crippen LogP contribution >= 0.6 is 0 Å². The summed E-state index contributed by atoms with van der Waals surface area (Å²) in [6.45, 7) is 11.7. The fraction of sp³-hybridized carbons (Fsp3) is 0.379. The zero-order valence-electron chi connectivity index (χ0n) is 22.5. The molecule has 1 N–H and O–H groups in total. The lowest BCUT2D eigenvalue weighted by Gasteiger charge is -2.26. The van der Waals surface area contributed by atoms with E-state index in [1.54, 1.807) is 26.8 Å². The molecule has 0 aliphatic carbocycles. The van der Waals surface area contributed by atoms with E-state index < -0.39 is 21.8 Å². The Labute approximate surface area is 228 Å². The van der Waals surface area contributed by atoms with Gasteiger partial charge < -0.3 is 14.2 Å². The van der Waals surface area contributed by atoms with Crippen molar-refractivity contribution in [2.75, 3.05) is 13.1 Å². The molecule has 0 unspecified atom stereocenters. The van der Waals surface area contributed by atoms with Crippen LogP contribution in [0.1, 0.15) is 61.5 Å². The first-order chi connectivity index (χ1) is 18.5. The molecule has 0 saturated carbocycles. The van der Waals surface area contributed by atoms with E-state index >= 15 is 0 Å². The Morgan fingerprint density at radius 3 is 2.54 bits per heavy atom. The Bertz CT molecular complexity index is 1580. The van der Waals surface area contributed by atoms with Crippen molar-refractivity contribution in [3.8, 4) is 17.0 Å². The molecule has 2 aromatic carbocycles. The van der Waals surface area contributed by atoms with Crippen molar-refractivity contribution >= 4 is 33.0 Å². The van der Waals surface area contributed by atoms with Crippen LogP contribution in [0.4, 0.5) is 4.79 Å². The minimum absolute atomic E-state index is 0.0377. The van der Waals surface area contributed by atoms with Crippen molar-refractivity contribution < 1.29 is 26.9 Å². The Morgan fingerprint density at radius 1 is 1.10 bits per heavy atom. The van der Waals surface area contributed by atoms with Gasteiger partial charge in [0.2, 0.25) is 0 Å². The Balaban J connectivity index is 1.65. The lowest BCUT2D eigenvalue weighted by molar-refractivity contribution is 0.0547. The highest BCUT2D eigenvalue weighted by atomic mass is 32.2. The largest absolute Gasteiger partial charge is 0.443 e. The molecule has 1 aromatic heterocycles. The summed E-state index contributed by atoms with van der Waals surface area (Å²) in [5.41, 5.74) is 2.66. The predicted molar refractivity (Wildman–Crippen MR) is 149 cm³/mol. The lowest BCUT2D eigenvalue weighted by atomic mass is 9.99. The van der Waals surface area contributed by atoms with E-state index in [1.807, 2.05) is 18.2 Å². The van der Waals surface area contributed by atoms with Crippen LogP contribution in [0.25, 0.3) is 22.2 Å². The van der Waals surface area contributed by atoms with E-state index in [-0.39, 0.29) is 23.8 Å². The summed E-state index contributed by atoms with van der Waals surface area (Å²) in [5, 5.41) is 4.29. The van der Waals surface area contributed by atoms with Gasteiger partial charge in [-0.05, 0) is 82.6 Å². The van der Waals surface area contributed by atoms with Crippen molar-refractivity contribution in [1.82, 2.24) is 14.8 Å². The van der Waals surface area contributed by atoms with Gasteiger partial charge in [-0.25, -0.2) is 9.36 Å². The monoisotopic (exact) mass is 551 g/mol. The number of aromatic nitrogens is 1. The molecule has 0 radical (unpaired) electrons. The molecule has 0 spiro atoms. The number of piperidine rings is 1. The van der Waals surface area contributed by atoms with Gasteiger partial charge >= 0.3 is 16.2 Å². The fourth-order valence-electron chi connectivity index (χ4n) is 5.21. The van der Waals surface area contributed by atoms with Crippen LogP contribution in [0.3, 0.4) is 0 Å². The number of hydrogen-bond acceptors (Lipinski definition) is 7. The van der Waals surface area contributed by atoms with Crippen LogP contribution in [0.5, 0.6) is 5.75 Å².